The standard InChI is InChI=1S/C12H22N2O/c1-4-7-14(3)10-11-6-8-15-12(11)9-13-5-2/h6,8,13H,4-5,7,9-10H2,1-3H3. The molecule has 1 N–H and O–H groups in total. The molecule has 0 aliphatic heterocycles. The molecule has 0 aliphatic rings. The quantitative estimate of drug-likeness (QED) is 0.748. The van der Waals surface area contributed by atoms with Crippen molar-refractivity contribution in [2.75, 3.05) is 20.1 Å². The van der Waals surface area contributed by atoms with Gasteiger partial charge in [-0.15, -0.1) is 0 Å². The van der Waals surface area contributed by atoms with Gasteiger partial charge in [0, 0.05) is 12.1 Å². The van der Waals surface area contributed by atoms with E-state index in [-0.39, 0.29) is 0 Å². The summed E-state index contributed by atoms with van der Waals surface area (Å²) in [7, 11) is 2.15. The number of hydrogen-bond donors (Lipinski definition) is 1. The SMILES string of the molecule is CCCN(C)Cc1ccoc1CNCC. The van der Waals surface area contributed by atoms with Crippen LogP contribution in [0.15, 0.2) is 16.7 Å². The van der Waals surface area contributed by atoms with Crippen LogP contribution in [0.2, 0.25) is 0 Å². The van der Waals surface area contributed by atoms with Crippen molar-refractivity contribution in [2.45, 2.75) is 33.4 Å². The summed E-state index contributed by atoms with van der Waals surface area (Å²) in [6, 6.07) is 2.07. The first-order valence-electron chi connectivity index (χ1n) is 5.72. The first-order valence-corrected chi connectivity index (χ1v) is 5.72. The highest BCUT2D eigenvalue weighted by atomic mass is 16.3. The second-order valence-corrected chi connectivity index (χ2v) is 3.89. The molecule has 1 rings (SSSR count). The minimum atomic E-state index is 0.832. The molecule has 1 aromatic rings. The van der Waals surface area contributed by atoms with Crippen LogP contribution in [0.25, 0.3) is 0 Å². The predicted octanol–water partition coefficient (Wildman–Crippen LogP) is 2.23. The molecule has 15 heavy (non-hydrogen) atoms. The zero-order chi connectivity index (χ0) is 11.1. The third-order valence-electron chi connectivity index (χ3n) is 2.42. The largest absolute Gasteiger partial charge is 0.468 e. The van der Waals surface area contributed by atoms with E-state index in [1.165, 1.54) is 12.0 Å². The van der Waals surface area contributed by atoms with Gasteiger partial charge in [-0.3, -0.25) is 0 Å². The summed E-state index contributed by atoms with van der Waals surface area (Å²) in [6.45, 7) is 8.22. The summed E-state index contributed by atoms with van der Waals surface area (Å²) in [5, 5.41) is 3.28. The first-order chi connectivity index (χ1) is 7.27. The van der Waals surface area contributed by atoms with Crippen molar-refractivity contribution < 1.29 is 4.42 Å². The van der Waals surface area contributed by atoms with Crippen molar-refractivity contribution in [1.82, 2.24) is 10.2 Å². The molecule has 0 atom stereocenters. The molecule has 3 nitrogen and oxygen atoms in total. The van der Waals surface area contributed by atoms with E-state index < -0.39 is 0 Å². The number of nitrogens with zero attached hydrogens (tertiary/aromatic N) is 1. The Morgan fingerprint density at radius 3 is 2.87 bits per heavy atom. The van der Waals surface area contributed by atoms with Gasteiger partial charge in [-0.25, -0.2) is 0 Å². The molecule has 0 radical (unpaired) electrons. The summed E-state index contributed by atoms with van der Waals surface area (Å²) >= 11 is 0. The van der Waals surface area contributed by atoms with Crippen molar-refractivity contribution in [3.63, 3.8) is 0 Å². The van der Waals surface area contributed by atoms with Crippen LogP contribution >= 0.6 is 0 Å². The van der Waals surface area contributed by atoms with Gasteiger partial charge in [0.25, 0.3) is 0 Å². The summed E-state index contributed by atoms with van der Waals surface area (Å²) in [6.07, 6.45) is 2.97. The molecule has 0 aliphatic carbocycles. The fraction of sp³-hybridized carbons (Fsp3) is 0.667. The molecule has 0 amide bonds. The molecule has 0 spiro atoms. The van der Waals surface area contributed by atoms with Gasteiger partial charge in [0.15, 0.2) is 0 Å². The lowest BCUT2D eigenvalue weighted by Gasteiger charge is -2.15. The lowest BCUT2D eigenvalue weighted by Crippen LogP contribution is -2.20. The maximum Gasteiger partial charge on any atom is 0.122 e. The number of rotatable bonds is 7. The normalized spacial score (nSPS) is 11.2. The van der Waals surface area contributed by atoms with Crippen LogP contribution < -0.4 is 5.32 Å². The maximum absolute atomic E-state index is 5.46. The highest BCUT2D eigenvalue weighted by Gasteiger charge is 2.07. The van der Waals surface area contributed by atoms with Crippen LogP contribution in [0.5, 0.6) is 0 Å². The second-order valence-electron chi connectivity index (χ2n) is 3.89. The van der Waals surface area contributed by atoms with Gasteiger partial charge in [-0.2, -0.15) is 0 Å². The second kappa shape index (κ2) is 6.64. The highest BCUT2D eigenvalue weighted by Crippen LogP contribution is 2.12. The van der Waals surface area contributed by atoms with Crippen molar-refractivity contribution in [3.05, 3.63) is 23.7 Å². The Morgan fingerprint density at radius 2 is 2.20 bits per heavy atom. The van der Waals surface area contributed by atoms with E-state index in [0.717, 1.165) is 31.9 Å². The Bertz CT molecular complexity index is 270. The fourth-order valence-corrected chi connectivity index (χ4v) is 1.65. The topological polar surface area (TPSA) is 28.4 Å². The summed E-state index contributed by atoms with van der Waals surface area (Å²) < 4.78 is 5.46. The molecule has 0 fully saturated rings. The van der Waals surface area contributed by atoms with Crippen LogP contribution in [0.3, 0.4) is 0 Å². The summed E-state index contributed by atoms with van der Waals surface area (Å²) in [5.41, 5.74) is 1.30. The van der Waals surface area contributed by atoms with Gasteiger partial charge in [-0.1, -0.05) is 13.8 Å². The van der Waals surface area contributed by atoms with Crippen molar-refractivity contribution in [1.29, 1.82) is 0 Å². The average molecular weight is 210 g/mol. The monoisotopic (exact) mass is 210 g/mol. The zero-order valence-electron chi connectivity index (χ0n) is 10.0. The minimum Gasteiger partial charge on any atom is -0.468 e. The van der Waals surface area contributed by atoms with Gasteiger partial charge in [0.1, 0.15) is 5.76 Å². The van der Waals surface area contributed by atoms with E-state index in [9.17, 15) is 0 Å². The molecule has 3 heteroatoms. The fourth-order valence-electron chi connectivity index (χ4n) is 1.65. The molecule has 1 aromatic heterocycles. The Hall–Kier alpha value is -0.800. The van der Waals surface area contributed by atoms with Crippen molar-refractivity contribution >= 4 is 0 Å². The molecule has 0 saturated heterocycles. The first kappa shape index (κ1) is 12.3. The average Bonchev–Trinajstić information content (AvgIpc) is 2.63. The van der Waals surface area contributed by atoms with E-state index >= 15 is 0 Å². The van der Waals surface area contributed by atoms with Crippen LogP contribution in [0.4, 0.5) is 0 Å². The molecule has 0 aromatic carbocycles. The lowest BCUT2D eigenvalue weighted by atomic mass is 10.2. The maximum atomic E-state index is 5.46. The Kier molecular flexibility index (Phi) is 5.43. The van der Waals surface area contributed by atoms with Gasteiger partial charge in [0.2, 0.25) is 0 Å². The Labute approximate surface area is 92.5 Å². The van der Waals surface area contributed by atoms with Gasteiger partial charge < -0.3 is 14.6 Å². The van der Waals surface area contributed by atoms with E-state index in [2.05, 4.69) is 37.2 Å². The van der Waals surface area contributed by atoms with E-state index in [1.54, 1.807) is 6.26 Å². The molecule has 0 unspecified atom stereocenters. The summed E-state index contributed by atoms with van der Waals surface area (Å²) in [5.74, 6) is 1.07. The third kappa shape index (κ3) is 4.06. The number of furan rings is 1. The molecule has 0 bridgehead atoms. The smallest absolute Gasteiger partial charge is 0.122 e. The number of nitrogens with one attached hydrogen (secondary N) is 1. The number of hydrogen-bond acceptors (Lipinski definition) is 3. The minimum absolute atomic E-state index is 0.832. The third-order valence-corrected chi connectivity index (χ3v) is 2.42. The zero-order valence-corrected chi connectivity index (χ0v) is 10.0. The van der Waals surface area contributed by atoms with Crippen molar-refractivity contribution in [3.8, 4) is 0 Å². The van der Waals surface area contributed by atoms with E-state index in [4.69, 9.17) is 4.42 Å². The summed E-state index contributed by atoms with van der Waals surface area (Å²) in [4.78, 5) is 2.32. The van der Waals surface area contributed by atoms with Gasteiger partial charge >= 0.3 is 0 Å². The van der Waals surface area contributed by atoms with E-state index in [1.807, 2.05) is 0 Å². The lowest BCUT2D eigenvalue weighted by molar-refractivity contribution is 0.323. The van der Waals surface area contributed by atoms with Crippen LogP contribution in [-0.2, 0) is 13.1 Å². The highest BCUT2D eigenvalue weighted by molar-refractivity contribution is 5.16. The predicted molar refractivity (Wildman–Crippen MR) is 62.7 cm³/mol. The molecule has 1 heterocycles. The molecule has 86 valence electrons. The van der Waals surface area contributed by atoms with Crippen LogP contribution in [-0.4, -0.2) is 25.0 Å². The Morgan fingerprint density at radius 1 is 1.40 bits per heavy atom. The van der Waals surface area contributed by atoms with Gasteiger partial charge in [-0.05, 0) is 32.6 Å². The molecular weight excluding hydrogens is 188 g/mol. The molecule has 0 saturated carbocycles. The van der Waals surface area contributed by atoms with Crippen LogP contribution in [0, 0.1) is 0 Å². The Balaban J connectivity index is 2.48. The van der Waals surface area contributed by atoms with Gasteiger partial charge in [0.05, 0.1) is 12.8 Å². The van der Waals surface area contributed by atoms with Crippen molar-refractivity contribution in [2.24, 2.45) is 0 Å². The van der Waals surface area contributed by atoms with E-state index in [0.29, 0.717) is 0 Å². The van der Waals surface area contributed by atoms with Crippen LogP contribution in [0.1, 0.15) is 31.6 Å². The molecular formula is C12H22N2O.